The molecule has 1 unspecified atom stereocenters. The van der Waals surface area contributed by atoms with Crippen LogP contribution in [0.5, 0.6) is 11.5 Å². The lowest BCUT2D eigenvalue weighted by molar-refractivity contribution is -0.192. The number of hydrogen-bond donors (Lipinski definition) is 4. The maximum absolute atomic E-state index is 13.8. The van der Waals surface area contributed by atoms with E-state index in [2.05, 4.69) is 15.2 Å². The molecule has 1 atom stereocenters. The van der Waals surface area contributed by atoms with E-state index in [-0.39, 0.29) is 48.5 Å². The van der Waals surface area contributed by atoms with Gasteiger partial charge in [-0.2, -0.15) is 13.2 Å². The van der Waals surface area contributed by atoms with Gasteiger partial charge in [-0.3, -0.25) is 15.0 Å². The van der Waals surface area contributed by atoms with Crippen molar-refractivity contribution in [3.8, 4) is 11.5 Å². The fraction of sp³-hybridized carbons (Fsp3) is 0.500. The van der Waals surface area contributed by atoms with Crippen molar-refractivity contribution >= 4 is 35.2 Å². The second-order valence-corrected chi connectivity index (χ2v) is 12.2. The molecule has 1 fully saturated rings. The highest BCUT2D eigenvalue weighted by Gasteiger charge is 2.38. The summed E-state index contributed by atoms with van der Waals surface area (Å²) in [5.74, 6) is -3.31. The first-order valence-corrected chi connectivity index (χ1v) is 15.2. The normalized spacial score (nSPS) is 15.7. The van der Waals surface area contributed by atoms with Gasteiger partial charge >= 0.3 is 18.1 Å². The quantitative estimate of drug-likeness (QED) is 0.251. The van der Waals surface area contributed by atoms with Gasteiger partial charge in [0.15, 0.2) is 17.2 Å². The Morgan fingerprint density at radius 2 is 1.78 bits per heavy atom. The summed E-state index contributed by atoms with van der Waals surface area (Å²) in [7, 11) is 3.10. The SMILES string of the molecule is CCOc1cc2c(nc1C(=O)NC)C(=N)N(CC(=O)c1cc(N3CCC(OCC(=O)O)C3)c(OC)c(C(C)(C)C)c1)C2.O=C(O)C(F)(F)F. The second-order valence-electron chi connectivity index (χ2n) is 12.2. The number of carbonyl (C=O) groups excluding carboxylic acids is 2. The number of carbonyl (C=O) groups is 4. The number of Topliss-reactive ketones (excluding diaryl/α,β-unsaturated/α-hetero) is 1. The molecule has 1 aromatic heterocycles. The number of benzene rings is 1. The molecule has 17 heteroatoms. The summed E-state index contributed by atoms with van der Waals surface area (Å²) in [6, 6.07) is 5.37. The number of carboxylic acids is 2. The highest BCUT2D eigenvalue weighted by atomic mass is 19.4. The minimum Gasteiger partial charge on any atom is -0.494 e. The fourth-order valence-corrected chi connectivity index (χ4v) is 5.29. The number of anilines is 1. The number of aromatic nitrogens is 1. The van der Waals surface area contributed by atoms with E-state index in [0.717, 1.165) is 11.3 Å². The van der Waals surface area contributed by atoms with Gasteiger partial charge in [0.2, 0.25) is 0 Å². The minimum absolute atomic E-state index is 0.0613. The van der Waals surface area contributed by atoms with Gasteiger partial charge in [-0.05, 0) is 37.0 Å². The number of carboxylic acid groups (broad SMARTS) is 2. The van der Waals surface area contributed by atoms with Gasteiger partial charge in [0.25, 0.3) is 5.91 Å². The van der Waals surface area contributed by atoms with Crippen LogP contribution in [0.1, 0.15) is 71.8 Å². The third kappa shape index (κ3) is 9.37. The molecule has 2 aliphatic heterocycles. The van der Waals surface area contributed by atoms with Crippen LogP contribution in [-0.4, -0.2) is 109 Å². The average molecular weight is 696 g/mol. The van der Waals surface area contributed by atoms with Crippen LogP contribution in [-0.2, 0) is 26.3 Å². The summed E-state index contributed by atoms with van der Waals surface area (Å²) >= 11 is 0. The largest absolute Gasteiger partial charge is 0.494 e. The number of halogens is 3. The average Bonchev–Trinajstić information content (AvgIpc) is 3.62. The van der Waals surface area contributed by atoms with Crippen LogP contribution in [0.3, 0.4) is 0 Å². The van der Waals surface area contributed by atoms with Gasteiger partial charge in [-0.25, -0.2) is 14.6 Å². The molecule has 1 aromatic carbocycles. The number of fused-ring (bicyclic) bond motifs is 1. The van der Waals surface area contributed by atoms with Crippen molar-refractivity contribution < 1.29 is 56.8 Å². The molecule has 1 saturated heterocycles. The molecule has 0 spiro atoms. The van der Waals surface area contributed by atoms with E-state index in [1.807, 2.05) is 33.8 Å². The number of pyridine rings is 1. The number of ether oxygens (including phenoxy) is 3. The molecule has 2 aromatic rings. The molecule has 0 aliphatic carbocycles. The lowest BCUT2D eigenvalue weighted by atomic mass is 9.84. The van der Waals surface area contributed by atoms with Gasteiger partial charge < -0.3 is 39.5 Å². The summed E-state index contributed by atoms with van der Waals surface area (Å²) in [6.45, 7) is 9.25. The molecular weight excluding hydrogens is 655 g/mol. The van der Waals surface area contributed by atoms with Gasteiger partial charge in [-0.15, -0.1) is 0 Å². The van der Waals surface area contributed by atoms with Crippen LogP contribution < -0.4 is 19.7 Å². The second kappa shape index (κ2) is 15.5. The van der Waals surface area contributed by atoms with Gasteiger partial charge in [0.05, 0.1) is 32.1 Å². The van der Waals surface area contributed by atoms with E-state index in [1.165, 1.54) is 7.05 Å². The van der Waals surface area contributed by atoms with E-state index in [0.29, 0.717) is 54.4 Å². The molecule has 1 amide bonds. The summed E-state index contributed by atoms with van der Waals surface area (Å²) in [5, 5.41) is 27.4. The first-order chi connectivity index (χ1) is 22.8. The molecule has 0 radical (unpaired) electrons. The van der Waals surface area contributed by atoms with Crippen LogP contribution in [0.25, 0.3) is 0 Å². The number of hydrogen-bond acceptors (Lipinski definition) is 10. The van der Waals surface area contributed by atoms with E-state index in [1.54, 1.807) is 24.1 Å². The number of alkyl halides is 3. The van der Waals surface area contributed by atoms with Crippen molar-refractivity contribution in [2.24, 2.45) is 0 Å². The number of amidine groups is 1. The van der Waals surface area contributed by atoms with E-state index in [9.17, 15) is 27.6 Å². The molecule has 0 saturated carbocycles. The number of ketones is 1. The van der Waals surface area contributed by atoms with Gasteiger partial charge in [0, 0.05) is 43.4 Å². The first kappa shape index (κ1) is 38.5. The van der Waals surface area contributed by atoms with E-state index in [4.69, 9.17) is 34.6 Å². The summed E-state index contributed by atoms with van der Waals surface area (Å²) in [4.78, 5) is 54.2. The van der Waals surface area contributed by atoms with Crippen molar-refractivity contribution in [1.29, 1.82) is 5.41 Å². The number of methoxy groups -OCH3 is 1. The van der Waals surface area contributed by atoms with Crippen molar-refractivity contribution in [3.05, 3.63) is 46.3 Å². The highest BCUT2D eigenvalue weighted by molar-refractivity contribution is 6.06. The fourth-order valence-electron chi connectivity index (χ4n) is 5.29. The topological polar surface area (TPSA) is 192 Å². The number of nitrogens with one attached hydrogen (secondary N) is 2. The molecule has 0 bridgehead atoms. The van der Waals surface area contributed by atoms with Gasteiger partial charge in [-0.1, -0.05) is 20.8 Å². The van der Waals surface area contributed by atoms with Crippen molar-refractivity contribution in [1.82, 2.24) is 15.2 Å². The summed E-state index contributed by atoms with van der Waals surface area (Å²) in [5.41, 5.74) is 2.89. The molecule has 3 heterocycles. The molecule has 4 N–H and O–H groups in total. The van der Waals surface area contributed by atoms with Crippen LogP contribution in [0.2, 0.25) is 0 Å². The predicted octanol–water partition coefficient (Wildman–Crippen LogP) is 3.48. The Morgan fingerprint density at radius 1 is 1.12 bits per heavy atom. The van der Waals surface area contributed by atoms with E-state index < -0.39 is 24.0 Å². The lowest BCUT2D eigenvalue weighted by Crippen LogP contribution is -2.31. The predicted molar refractivity (Wildman–Crippen MR) is 170 cm³/mol. The monoisotopic (exact) mass is 695 g/mol. The number of rotatable bonds is 11. The Kier molecular flexibility index (Phi) is 12.2. The Bertz CT molecular complexity index is 1610. The van der Waals surface area contributed by atoms with Crippen molar-refractivity contribution in [3.63, 3.8) is 0 Å². The third-order valence-corrected chi connectivity index (χ3v) is 7.62. The lowest BCUT2D eigenvalue weighted by Gasteiger charge is -2.29. The van der Waals surface area contributed by atoms with Crippen molar-refractivity contribution in [2.75, 3.05) is 51.9 Å². The standard InChI is InChI=1S/C30H39N5O7.C2HF3O2/c1-7-41-23-12-18-13-35(28(31)25(18)33-26(23)29(39)32-5)15-22(36)17-10-20(30(2,3)4)27(40-6)21(11-17)34-9-8-19(14-34)42-16-24(37)38;3-2(4,5)1(6)7/h10-12,19,31H,7-9,13-16H2,1-6H3,(H,32,39)(H,37,38);(H,6,7). The van der Waals surface area contributed by atoms with E-state index >= 15 is 0 Å². The van der Waals surface area contributed by atoms with Crippen LogP contribution in [0.4, 0.5) is 18.9 Å². The molecule has 4 rings (SSSR count). The summed E-state index contributed by atoms with van der Waals surface area (Å²) < 4.78 is 48.8. The highest BCUT2D eigenvalue weighted by Crippen LogP contribution is 2.41. The maximum atomic E-state index is 13.8. The van der Waals surface area contributed by atoms with Crippen LogP contribution in [0, 0.1) is 5.41 Å². The Hall–Kier alpha value is -4.93. The zero-order valence-electron chi connectivity index (χ0n) is 28.0. The molecule has 268 valence electrons. The third-order valence-electron chi connectivity index (χ3n) is 7.62. The maximum Gasteiger partial charge on any atom is 0.490 e. The number of nitrogens with zero attached hydrogens (tertiary/aromatic N) is 3. The Labute approximate surface area is 280 Å². The van der Waals surface area contributed by atoms with Crippen LogP contribution >= 0.6 is 0 Å². The molecule has 14 nitrogen and oxygen atoms in total. The number of aliphatic carboxylic acids is 2. The minimum atomic E-state index is -5.08. The van der Waals surface area contributed by atoms with Crippen LogP contribution in [0.15, 0.2) is 18.2 Å². The Morgan fingerprint density at radius 3 is 2.31 bits per heavy atom. The smallest absolute Gasteiger partial charge is 0.490 e. The first-order valence-electron chi connectivity index (χ1n) is 15.2. The molecule has 49 heavy (non-hydrogen) atoms. The zero-order chi connectivity index (χ0) is 36.8. The number of amides is 1. The molecular formula is C32H40F3N5O9. The Balaban J connectivity index is 0.000000838. The summed E-state index contributed by atoms with van der Waals surface area (Å²) in [6.07, 6.45) is -4.68. The van der Waals surface area contributed by atoms with Crippen molar-refractivity contribution in [2.45, 2.75) is 58.4 Å². The van der Waals surface area contributed by atoms with Gasteiger partial charge in [0.1, 0.15) is 23.9 Å². The molecule has 2 aliphatic rings. The zero-order valence-corrected chi connectivity index (χ0v) is 28.0.